The van der Waals surface area contributed by atoms with E-state index in [0.717, 1.165) is 23.9 Å². The van der Waals surface area contributed by atoms with Crippen molar-refractivity contribution in [3.8, 4) is 0 Å². The number of halogens is 1. The molecule has 0 fully saturated rings. The number of hydrogen-bond donors (Lipinski definition) is 1. The van der Waals surface area contributed by atoms with Crippen molar-refractivity contribution in [2.24, 2.45) is 11.7 Å². The molecule has 0 radical (unpaired) electrons. The number of nitrogens with two attached hydrogens (primary N) is 1. The summed E-state index contributed by atoms with van der Waals surface area (Å²) in [5.41, 5.74) is 11.4. The van der Waals surface area contributed by atoms with E-state index in [0.29, 0.717) is 5.92 Å². The van der Waals surface area contributed by atoms with Gasteiger partial charge in [-0.25, -0.2) is 0 Å². The molecule has 2 heteroatoms. The molecule has 0 aliphatic heterocycles. The topological polar surface area (TPSA) is 26.0 Å². The predicted octanol–water partition coefficient (Wildman–Crippen LogP) is 4.43. The normalized spacial score (nSPS) is 12.4. The molecule has 2 N–H and O–H groups in total. The van der Waals surface area contributed by atoms with Gasteiger partial charge in [0.2, 0.25) is 0 Å². The Morgan fingerprint density at radius 2 is 1.60 bits per heavy atom. The van der Waals surface area contributed by atoms with Crippen LogP contribution in [0.1, 0.15) is 22.3 Å². The van der Waals surface area contributed by atoms with Crippen LogP contribution in [0.25, 0.3) is 0 Å². The van der Waals surface area contributed by atoms with E-state index in [1.54, 1.807) is 0 Å². The first-order valence-electron chi connectivity index (χ1n) is 7.08. The van der Waals surface area contributed by atoms with Crippen LogP contribution in [0.4, 0.5) is 0 Å². The highest BCUT2D eigenvalue weighted by Gasteiger charge is 2.10. The van der Waals surface area contributed by atoms with Crippen molar-refractivity contribution in [3.63, 3.8) is 0 Å². The molecule has 20 heavy (non-hydrogen) atoms. The van der Waals surface area contributed by atoms with Crippen molar-refractivity contribution in [2.75, 3.05) is 6.54 Å². The monoisotopic (exact) mass is 331 g/mol. The van der Waals surface area contributed by atoms with Crippen LogP contribution in [0.3, 0.4) is 0 Å². The van der Waals surface area contributed by atoms with Crippen molar-refractivity contribution >= 4 is 15.9 Å². The zero-order valence-corrected chi connectivity index (χ0v) is 13.8. The van der Waals surface area contributed by atoms with Gasteiger partial charge in [-0.1, -0.05) is 57.4 Å². The minimum atomic E-state index is 0.491. The van der Waals surface area contributed by atoms with Crippen LogP contribution >= 0.6 is 15.9 Å². The van der Waals surface area contributed by atoms with Gasteiger partial charge < -0.3 is 5.73 Å². The van der Waals surface area contributed by atoms with Crippen LogP contribution < -0.4 is 5.73 Å². The Bertz CT molecular complexity index is 557. The third kappa shape index (κ3) is 4.46. The Labute approximate surface area is 130 Å². The molecule has 1 nitrogen and oxygen atoms in total. The molecule has 0 aliphatic rings. The van der Waals surface area contributed by atoms with Gasteiger partial charge in [-0.2, -0.15) is 0 Å². The molecule has 0 saturated heterocycles. The molecular formula is C18H22BrN. The molecule has 0 aromatic heterocycles. The van der Waals surface area contributed by atoms with Crippen molar-refractivity contribution in [1.29, 1.82) is 0 Å². The second kappa shape index (κ2) is 7.05. The lowest BCUT2D eigenvalue weighted by Crippen LogP contribution is -2.19. The van der Waals surface area contributed by atoms with Gasteiger partial charge in [0.05, 0.1) is 0 Å². The fourth-order valence-corrected chi connectivity index (χ4v) is 3.20. The summed E-state index contributed by atoms with van der Waals surface area (Å²) in [4.78, 5) is 0. The summed E-state index contributed by atoms with van der Waals surface area (Å²) in [6.45, 7) is 5.03. The van der Waals surface area contributed by atoms with Crippen LogP contribution in [0.5, 0.6) is 0 Å². The van der Waals surface area contributed by atoms with E-state index in [-0.39, 0.29) is 0 Å². The maximum absolute atomic E-state index is 5.97. The number of rotatable bonds is 5. The molecule has 1 unspecified atom stereocenters. The SMILES string of the molecule is Cc1cc(C)cc(CC(CN)Cc2cccc(Br)c2)c1. The van der Waals surface area contributed by atoms with Crippen molar-refractivity contribution < 1.29 is 0 Å². The zero-order chi connectivity index (χ0) is 14.5. The molecule has 0 amide bonds. The van der Waals surface area contributed by atoms with Gasteiger partial charge in [-0.3, -0.25) is 0 Å². The summed E-state index contributed by atoms with van der Waals surface area (Å²) >= 11 is 3.53. The van der Waals surface area contributed by atoms with Crippen LogP contribution in [0, 0.1) is 19.8 Å². The zero-order valence-electron chi connectivity index (χ0n) is 12.2. The lowest BCUT2D eigenvalue weighted by molar-refractivity contribution is 0.533. The highest BCUT2D eigenvalue weighted by atomic mass is 79.9. The smallest absolute Gasteiger partial charge is 0.0177 e. The van der Waals surface area contributed by atoms with E-state index < -0.39 is 0 Å². The van der Waals surface area contributed by atoms with Gasteiger partial charge in [0, 0.05) is 4.47 Å². The largest absolute Gasteiger partial charge is 0.330 e. The van der Waals surface area contributed by atoms with Crippen molar-refractivity contribution in [2.45, 2.75) is 26.7 Å². The Balaban J connectivity index is 2.09. The van der Waals surface area contributed by atoms with Gasteiger partial charge >= 0.3 is 0 Å². The Morgan fingerprint density at radius 1 is 0.950 bits per heavy atom. The van der Waals surface area contributed by atoms with Crippen molar-refractivity contribution in [3.05, 3.63) is 69.2 Å². The summed E-state index contributed by atoms with van der Waals surface area (Å²) in [6.07, 6.45) is 2.08. The quantitative estimate of drug-likeness (QED) is 0.861. The number of benzene rings is 2. The summed E-state index contributed by atoms with van der Waals surface area (Å²) in [5.74, 6) is 0.491. The standard InChI is InChI=1S/C18H22BrN/c1-13-6-14(2)8-16(7-13)10-17(12-20)9-15-4-3-5-18(19)11-15/h3-8,11,17H,9-10,12,20H2,1-2H3. The average molecular weight is 332 g/mol. The summed E-state index contributed by atoms with van der Waals surface area (Å²) < 4.78 is 1.14. The minimum absolute atomic E-state index is 0.491. The molecule has 2 aromatic carbocycles. The highest BCUT2D eigenvalue weighted by Crippen LogP contribution is 2.19. The van der Waals surface area contributed by atoms with Crippen LogP contribution in [0.15, 0.2) is 46.9 Å². The lowest BCUT2D eigenvalue weighted by Gasteiger charge is -2.16. The minimum Gasteiger partial charge on any atom is -0.330 e. The maximum atomic E-state index is 5.97. The Kier molecular flexibility index (Phi) is 5.38. The third-order valence-electron chi connectivity index (χ3n) is 3.55. The first-order valence-corrected chi connectivity index (χ1v) is 7.88. The molecule has 0 spiro atoms. The van der Waals surface area contributed by atoms with E-state index >= 15 is 0 Å². The molecule has 2 rings (SSSR count). The number of aryl methyl sites for hydroxylation is 2. The van der Waals surface area contributed by atoms with Gasteiger partial charge in [0.25, 0.3) is 0 Å². The molecule has 0 bridgehead atoms. The van der Waals surface area contributed by atoms with E-state index in [1.807, 2.05) is 0 Å². The summed E-state index contributed by atoms with van der Waals surface area (Å²) in [6, 6.07) is 15.3. The first kappa shape index (κ1) is 15.3. The van der Waals surface area contributed by atoms with E-state index in [2.05, 4.69) is 72.2 Å². The first-order chi connectivity index (χ1) is 9.56. The van der Waals surface area contributed by atoms with Crippen LogP contribution in [0.2, 0.25) is 0 Å². The summed E-state index contributed by atoms with van der Waals surface area (Å²) in [7, 11) is 0. The average Bonchev–Trinajstić information content (AvgIpc) is 2.36. The van der Waals surface area contributed by atoms with E-state index in [1.165, 1.54) is 22.3 Å². The van der Waals surface area contributed by atoms with Crippen LogP contribution in [-0.4, -0.2) is 6.54 Å². The highest BCUT2D eigenvalue weighted by molar-refractivity contribution is 9.10. The van der Waals surface area contributed by atoms with E-state index in [9.17, 15) is 0 Å². The Hall–Kier alpha value is -1.12. The fraction of sp³-hybridized carbons (Fsp3) is 0.333. The predicted molar refractivity (Wildman–Crippen MR) is 90.0 cm³/mol. The molecule has 0 heterocycles. The molecule has 2 aromatic rings. The molecular weight excluding hydrogens is 310 g/mol. The maximum Gasteiger partial charge on any atom is 0.0177 e. The van der Waals surface area contributed by atoms with Crippen molar-refractivity contribution in [1.82, 2.24) is 0 Å². The molecule has 0 saturated carbocycles. The lowest BCUT2D eigenvalue weighted by atomic mass is 9.91. The van der Waals surface area contributed by atoms with E-state index in [4.69, 9.17) is 5.73 Å². The van der Waals surface area contributed by atoms with Crippen LogP contribution in [-0.2, 0) is 12.8 Å². The van der Waals surface area contributed by atoms with Gasteiger partial charge in [-0.15, -0.1) is 0 Å². The molecule has 1 atom stereocenters. The fourth-order valence-electron chi connectivity index (χ4n) is 2.76. The van der Waals surface area contributed by atoms with Gasteiger partial charge in [0.1, 0.15) is 0 Å². The second-order valence-electron chi connectivity index (χ2n) is 5.64. The number of hydrogen-bond acceptors (Lipinski definition) is 1. The Morgan fingerprint density at radius 3 is 2.20 bits per heavy atom. The molecule has 106 valence electrons. The van der Waals surface area contributed by atoms with Gasteiger partial charge in [0.15, 0.2) is 0 Å². The second-order valence-corrected chi connectivity index (χ2v) is 6.55. The van der Waals surface area contributed by atoms with Gasteiger partial charge in [-0.05, 0) is 62.4 Å². The third-order valence-corrected chi connectivity index (χ3v) is 4.05. The summed E-state index contributed by atoms with van der Waals surface area (Å²) in [5, 5.41) is 0. The molecule has 0 aliphatic carbocycles.